The van der Waals surface area contributed by atoms with Crippen LogP contribution in [0.1, 0.15) is 51.8 Å². The van der Waals surface area contributed by atoms with E-state index in [4.69, 9.17) is 0 Å². The molecule has 17 heavy (non-hydrogen) atoms. The second-order valence-corrected chi connectivity index (χ2v) is 6.52. The van der Waals surface area contributed by atoms with E-state index in [1.807, 2.05) is 6.20 Å². The van der Waals surface area contributed by atoms with Gasteiger partial charge in [-0.25, -0.2) is 0 Å². The van der Waals surface area contributed by atoms with Gasteiger partial charge in [0.2, 0.25) is 0 Å². The predicted molar refractivity (Wildman–Crippen MR) is 74.4 cm³/mol. The molecule has 0 spiro atoms. The van der Waals surface area contributed by atoms with Gasteiger partial charge >= 0.3 is 0 Å². The van der Waals surface area contributed by atoms with Gasteiger partial charge in [-0.1, -0.05) is 6.92 Å². The first kappa shape index (κ1) is 13.1. The Morgan fingerprint density at radius 2 is 2.29 bits per heavy atom. The summed E-state index contributed by atoms with van der Waals surface area (Å²) in [7, 11) is 2.06. The van der Waals surface area contributed by atoms with Crippen molar-refractivity contribution in [1.82, 2.24) is 15.1 Å². The molecule has 4 heteroatoms. The molecule has 0 radical (unpaired) electrons. The molecule has 96 valence electrons. The van der Waals surface area contributed by atoms with Gasteiger partial charge < -0.3 is 5.32 Å². The molecule has 1 saturated carbocycles. The Kier molecular flexibility index (Phi) is 3.64. The van der Waals surface area contributed by atoms with E-state index in [0.717, 1.165) is 4.47 Å². The average molecular weight is 300 g/mol. The van der Waals surface area contributed by atoms with E-state index >= 15 is 0 Å². The molecule has 1 aliphatic rings. The molecule has 0 bridgehead atoms. The highest BCUT2D eigenvalue weighted by atomic mass is 79.9. The van der Waals surface area contributed by atoms with Crippen LogP contribution in [-0.2, 0) is 5.41 Å². The standard InChI is InChI=1S/C13H22BrN3/c1-9(2)17-12(11(14)8-16-17)13(3)6-5-10(7-13)15-4/h8-10,15H,5-7H2,1-4H3. The van der Waals surface area contributed by atoms with Crippen LogP contribution in [0.4, 0.5) is 0 Å². The first-order chi connectivity index (χ1) is 7.98. The van der Waals surface area contributed by atoms with Crippen molar-refractivity contribution in [1.29, 1.82) is 0 Å². The minimum Gasteiger partial charge on any atom is -0.317 e. The van der Waals surface area contributed by atoms with Gasteiger partial charge in [0.05, 0.1) is 16.4 Å². The second-order valence-electron chi connectivity index (χ2n) is 5.67. The van der Waals surface area contributed by atoms with Crippen LogP contribution in [0.15, 0.2) is 10.7 Å². The summed E-state index contributed by atoms with van der Waals surface area (Å²) in [6, 6.07) is 1.06. The summed E-state index contributed by atoms with van der Waals surface area (Å²) in [6.45, 7) is 6.75. The molecule has 3 nitrogen and oxygen atoms in total. The molecule has 1 fully saturated rings. The van der Waals surface area contributed by atoms with Gasteiger partial charge in [-0.2, -0.15) is 5.10 Å². The maximum Gasteiger partial charge on any atom is 0.0635 e. The Labute approximate surface area is 112 Å². The van der Waals surface area contributed by atoms with Gasteiger partial charge in [0.15, 0.2) is 0 Å². The van der Waals surface area contributed by atoms with Crippen molar-refractivity contribution < 1.29 is 0 Å². The number of hydrogen-bond acceptors (Lipinski definition) is 2. The van der Waals surface area contributed by atoms with Crippen LogP contribution in [0.3, 0.4) is 0 Å². The van der Waals surface area contributed by atoms with Crippen molar-refractivity contribution in [2.45, 2.75) is 57.5 Å². The van der Waals surface area contributed by atoms with Gasteiger partial charge in [0.1, 0.15) is 0 Å². The minimum absolute atomic E-state index is 0.243. The lowest BCUT2D eigenvalue weighted by molar-refractivity contribution is 0.394. The van der Waals surface area contributed by atoms with Crippen LogP contribution in [0.5, 0.6) is 0 Å². The van der Waals surface area contributed by atoms with Crippen molar-refractivity contribution in [3.05, 3.63) is 16.4 Å². The minimum atomic E-state index is 0.243. The molecular formula is C13H22BrN3. The highest BCUT2D eigenvalue weighted by Crippen LogP contribution is 2.44. The van der Waals surface area contributed by atoms with E-state index < -0.39 is 0 Å². The zero-order valence-corrected chi connectivity index (χ0v) is 12.7. The normalized spacial score (nSPS) is 29.2. The van der Waals surface area contributed by atoms with Gasteiger partial charge in [-0.15, -0.1) is 0 Å². The third kappa shape index (κ3) is 2.29. The number of hydrogen-bond donors (Lipinski definition) is 1. The van der Waals surface area contributed by atoms with E-state index in [0.29, 0.717) is 12.1 Å². The second kappa shape index (κ2) is 4.73. The molecule has 0 aliphatic heterocycles. The first-order valence-electron chi connectivity index (χ1n) is 6.38. The quantitative estimate of drug-likeness (QED) is 0.928. The summed E-state index contributed by atoms with van der Waals surface area (Å²) in [5.74, 6) is 0. The molecule has 1 aliphatic carbocycles. The molecular weight excluding hydrogens is 278 g/mol. The van der Waals surface area contributed by atoms with E-state index in [2.05, 4.69) is 58.8 Å². The van der Waals surface area contributed by atoms with Crippen LogP contribution < -0.4 is 5.32 Å². The third-order valence-electron chi connectivity index (χ3n) is 3.96. The van der Waals surface area contributed by atoms with Crippen molar-refractivity contribution in [3.63, 3.8) is 0 Å². The molecule has 2 unspecified atom stereocenters. The Morgan fingerprint density at radius 3 is 2.82 bits per heavy atom. The van der Waals surface area contributed by atoms with Gasteiger partial charge in [0.25, 0.3) is 0 Å². The smallest absolute Gasteiger partial charge is 0.0635 e. The van der Waals surface area contributed by atoms with Crippen LogP contribution in [0.25, 0.3) is 0 Å². The number of nitrogens with zero attached hydrogens (tertiary/aromatic N) is 2. The lowest BCUT2D eigenvalue weighted by Crippen LogP contribution is -2.28. The Morgan fingerprint density at radius 1 is 1.59 bits per heavy atom. The van der Waals surface area contributed by atoms with Crippen molar-refractivity contribution >= 4 is 15.9 Å². The largest absolute Gasteiger partial charge is 0.317 e. The lowest BCUT2D eigenvalue weighted by atomic mass is 9.84. The molecule has 1 heterocycles. The van der Waals surface area contributed by atoms with Crippen LogP contribution >= 0.6 is 15.9 Å². The molecule has 2 atom stereocenters. The summed E-state index contributed by atoms with van der Waals surface area (Å²) in [5.41, 5.74) is 1.61. The Balaban J connectivity index is 2.36. The van der Waals surface area contributed by atoms with E-state index in [-0.39, 0.29) is 5.41 Å². The van der Waals surface area contributed by atoms with E-state index in [9.17, 15) is 0 Å². The van der Waals surface area contributed by atoms with Crippen LogP contribution in [-0.4, -0.2) is 22.9 Å². The summed E-state index contributed by atoms with van der Waals surface area (Å²) in [5, 5.41) is 7.91. The summed E-state index contributed by atoms with van der Waals surface area (Å²) < 4.78 is 3.33. The van der Waals surface area contributed by atoms with Crippen LogP contribution in [0, 0.1) is 0 Å². The Bertz CT molecular complexity index is 399. The SMILES string of the molecule is CNC1CCC(C)(c2c(Br)cnn2C(C)C)C1. The fourth-order valence-corrected chi connectivity index (χ4v) is 3.75. The molecule has 1 N–H and O–H groups in total. The molecule has 0 saturated heterocycles. The topological polar surface area (TPSA) is 29.9 Å². The molecule has 0 aromatic carbocycles. The zero-order chi connectivity index (χ0) is 12.6. The number of halogens is 1. The van der Waals surface area contributed by atoms with Crippen molar-refractivity contribution in [3.8, 4) is 0 Å². The highest BCUT2D eigenvalue weighted by Gasteiger charge is 2.40. The predicted octanol–water partition coefficient (Wildman–Crippen LogP) is 3.26. The average Bonchev–Trinajstić information content (AvgIpc) is 2.83. The molecule has 1 aromatic heterocycles. The third-order valence-corrected chi connectivity index (χ3v) is 4.54. The molecule has 0 amide bonds. The lowest BCUT2D eigenvalue weighted by Gasteiger charge is -2.27. The monoisotopic (exact) mass is 299 g/mol. The van der Waals surface area contributed by atoms with Crippen molar-refractivity contribution in [2.75, 3.05) is 7.05 Å². The molecule has 1 aromatic rings. The van der Waals surface area contributed by atoms with Gasteiger partial charge in [-0.3, -0.25) is 4.68 Å². The number of rotatable bonds is 3. The fraction of sp³-hybridized carbons (Fsp3) is 0.769. The Hall–Kier alpha value is -0.350. The van der Waals surface area contributed by atoms with E-state index in [1.54, 1.807) is 0 Å². The summed E-state index contributed by atoms with van der Waals surface area (Å²) in [6.07, 6.45) is 5.62. The molecule has 2 rings (SSSR count). The summed E-state index contributed by atoms with van der Waals surface area (Å²) in [4.78, 5) is 0. The maximum atomic E-state index is 4.51. The first-order valence-corrected chi connectivity index (χ1v) is 7.18. The van der Waals surface area contributed by atoms with Gasteiger partial charge in [0, 0.05) is 17.5 Å². The maximum absolute atomic E-state index is 4.51. The highest BCUT2D eigenvalue weighted by molar-refractivity contribution is 9.10. The van der Waals surface area contributed by atoms with Gasteiger partial charge in [-0.05, 0) is 56.1 Å². The zero-order valence-electron chi connectivity index (χ0n) is 11.1. The van der Waals surface area contributed by atoms with Crippen LogP contribution in [0.2, 0.25) is 0 Å². The number of aromatic nitrogens is 2. The van der Waals surface area contributed by atoms with E-state index in [1.165, 1.54) is 25.0 Å². The summed E-state index contributed by atoms with van der Waals surface area (Å²) >= 11 is 3.67. The fourth-order valence-electron chi connectivity index (χ4n) is 3.00. The number of nitrogens with one attached hydrogen (secondary N) is 1. The van der Waals surface area contributed by atoms with Crippen molar-refractivity contribution in [2.24, 2.45) is 0 Å².